The molecule has 0 aliphatic carbocycles. The maximum atomic E-state index is 12.9. The highest BCUT2D eigenvalue weighted by atomic mass is 32.2. The highest BCUT2D eigenvalue weighted by Crippen LogP contribution is 2.27. The normalized spacial score (nSPS) is 15.1. The Hall–Kier alpha value is -2.37. The van der Waals surface area contributed by atoms with Crippen LogP contribution in [0.1, 0.15) is 16.8 Å². The van der Waals surface area contributed by atoms with Gasteiger partial charge in [0.25, 0.3) is 0 Å². The van der Waals surface area contributed by atoms with Crippen LogP contribution in [0, 0.1) is 6.92 Å². The van der Waals surface area contributed by atoms with Crippen molar-refractivity contribution in [3.8, 4) is 5.69 Å². The average Bonchev–Trinajstić information content (AvgIpc) is 3.06. The van der Waals surface area contributed by atoms with E-state index in [0.717, 1.165) is 16.8 Å². The Kier molecular flexibility index (Phi) is 3.98. The molecular formula is C20H20N2O2S. The zero-order valence-corrected chi connectivity index (χ0v) is 14.9. The van der Waals surface area contributed by atoms with Crippen LogP contribution in [0.4, 0.5) is 0 Å². The first-order valence-corrected chi connectivity index (χ1v) is 9.81. The third-order valence-corrected chi connectivity index (χ3v) is 6.58. The van der Waals surface area contributed by atoms with E-state index in [2.05, 4.69) is 16.7 Å². The number of hydrogen-bond acceptors (Lipinski definition) is 2. The summed E-state index contributed by atoms with van der Waals surface area (Å²) in [4.78, 5) is 0.365. The molecule has 1 aliphatic rings. The summed E-state index contributed by atoms with van der Waals surface area (Å²) in [6.07, 6.45) is 2.74. The molecule has 25 heavy (non-hydrogen) atoms. The predicted molar refractivity (Wildman–Crippen MR) is 98.2 cm³/mol. The molecule has 1 aliphatic heterocycles. The maximum absolute atomic E-state index is 12.9. The zero-order valence-electron chi connectivity index (χ0n) is 14.1. The molecule has 2 heterocycles. The van der Waals surface area contributed by atoms with Gasteiger partial charge < -0.3 is 4.57 Å². The Morgan fingerprint density at radius 3 is 2.36 bits per heavy atom. The first-order chi connectivity index (χ1) is 12.1. The van der Waals surface area contributed by atoms with Gasteiger partial charge >= 0.3 is 0 Å². The topological polar surface area (TPSA) is 42.3 Å². The SMILES string of the molecule is Cc1ccc(S(=O)(=O)N2CCc3c(ccn3-c3ccccc3)C2)cc1. The third-order valence-electron chi connectivity index (χ3n) is 4.72. The molecule has 0 radical (unpaired) electrons. The Labute approximate surface area is 148 Å². The van der Waals surface area contributed by atoms with E-state index in [1.165, 1.54) is 5.69 Å². The molecule has 2 aromatic carbocycles. The van der Waals surface area contributed by atoms with Gasteiger partial charge in [0.1, 0.15) is 0 Å². The molecular weight excluding hydrogens is 332 g/mol. The van der Waals surface area contributed by atoms with Crippen LogP contribution in [0.5, 0.6) is 0 Å². The smallest absolute Gasteiger partial charge is 0.243 e. The van der Waals surface area contributed by atoms with Crippen LogP contribution >= 0.6 is 0 Å². The van der Waals surface area contributed by atoms with Gasteiger partial charge in [0, 0.05) is 37.1 Å². The number of fused-ring (bicyclic) bond motifs is 1. The third kappa shape index (κ3) is 2.90. The van der Waals surface area contributed by atoms with E-state index in [-0.39, 0.29) is 0 Å². The Morgan fingerprint density at radius 1 is 0.920 bits per heavy atom. The minimum Gasteiger partial charge on any atom is -0.321 e. The summed E-state index contributed by atoms with van der Waals surface area (Å²) >= 11 is 0. The molecule has 128 valence electrons. The Morgan fingerprint density at radius 2 is 1.64 bits per heavy atom. The second kappa shape index (κ2) is 6.17. The molecule has 0 spiro atoms. The summed E-state index contributed by atoms with van der Waals surface area (Å²) < 4.78 is 29.5. The van der Waals surface area contributed by atoms with Gasteiger partial charge in [-0.3, -0.25) is 0 Å². The van der Waals surface area contributed by atoms with Crippen LogP contribution < -0.4 is 0 Å². The number of nitrogens with zero attached hydrogens (tertiary/aromatic N) is 2. The molecule has 5 heteroatoms. The van der Waals surface area contributed by atoms with Gasteiger partial charge in [-0.2, -0.15) is 4.31 Å². The van der Waals surface area contributed by atoms with Crippen molar-refractivity contribution in [3.05, 3.63) is 83.7 Å². The van der Waals surface area contributed by atoms with Crippen molar-refractivity contribution in [2.45, 2.75) is 24.8 Å². The van der Waals surface area contributed by atoms with Gasteiger partial charge in [-0.1, -0.05) is 35.9 Å². The lowest BCUT2D eigenvalue weighted by Crippen LogP contribution is -2.36. The number of aryl methyl sites for hydroxylation is 1. The van der Waals surface area contributed by atoms with E-state index in [4.69, 9.17) is 0 Å². The van der Waals surface area contributed by atoms with Crippen molar-refractivity contribution in [2.24, 2.45) is 0 Å². The van der Waals surface area contributed by atoms with Crippen LogP contribution in [0.25, 0.3) is 5.69 Å². The molecule has 0 N–H and O–H groups in total. The molecule has 0 saturated heterocycles. The van der Waals surface area contributed by atoms with E-state index < -0.39 is 10.0 Å². The van der Waals surface area contributed by atoms with Crippen LogP contribution in [0.2, 0.25) is 0 Å². The van der Waals surface area contributed by atoms with E-state index in [9.17, 15) is 8.42 Å². The van der Waals surface area contributed by atoms with Crippen LogP contribution in [0.15, 0.2) is 71.8 Å². The van der Waals surface area contributed by atoms with Crippen LogP contribution in [0.3, 0.4) is 0 Å². The van der Waals surface area contributed by atoms with E-state index in [1.54, 1.807) is 16.4 Å². The summed E-state index contributed by atoms with van der Waals surface area (Å²) in [6, 6.07) is 19.2. The lowest BCUT2D eigenvalue weighted by atomic mass is 10.1. The van der Waals surface area contributed by atoms with Crippen molar-refractivity contribution in [1.29, 1.82) is 0 Å². The van der Waals surface area contributed by atoms with Crippen molar-refractivity contribution >= 4 is 10.0 Å². The molecule has 4 nitrogen and oxygen atoms in total. The first-order valence-electron chi connectivity index (χ1n) is 8.37. The lowest BCUT2D eigenvalue weighted by molar-refractivity contribution is 0.388. The molecule has 0 bridgehead atoms. The number of rotatable bonds is 3. The van der Waals surface area contributed by atoms with Gasteiger partial charge in [0.15, 0.2) is 0 Å². The molecule has 3 aromatic rings. The van der Waals surface area contributed by atoms with Crippen molar-refractivity contribution in [2.75, 3.05) is 6.54 Å². The highest BCUT2D eigenvalue weighted by molar-refractivity contribution is 7.89. The average molecular weight is 352 g/mol. The molecule has 0 amide bonds. The summed E-state index contributed by atoms with van der Waals surface area (Å²) in [5, 5.41) is 0. The molecule has 1 aromatic heterocycles. The number of hydrogen-bond donors (Lipinski definition) is 0. The highest BCUT2D eigenvalue weighted by Gasteiger charge is 2.29. The zero-order chi connectivity index (χ0) is 17.4. The van der Waals surface area contributed by atoms with Gasteiger partial charge in [0.05, 0.1) is 4.90 Å². The number of sulfonamides is 1. The fourth-order valence-electron chi connectivity index (χ4n) is 3.32. The van der Waals surface area contributed by atoms with Crippen molar-refractivity contribution in [1.82, 2.24) is 8.87 Å². The van der Waals surface area contributed by atoms with E-state index >= 15 is 0 Å². The molecule has 0 saturated carbocycles. The fourth-order valence-corrected chi connectivity index (χ4v) is 4.74. The second-order valence-electron chi connectivity index (χ2n) is 6.39. The minimum atomic E-state index is -3.45. The van der Waals surface area contributed by atoms with Gasteiger partial charge in [-0.15, -0.1) is 0 Å². The monoisotopic (exact) mass is 352 g/mol. The summed E-state index contributed by atoms with van der Waals surface area (Å²) in [5.74, 6) is 0. The standard InChI is InChI=1S/C20H20N2O2S/c1-16-7-9-19(10-8-16)25(23,24)21-13-12-20-17(15-21)11-14-22(20)18-5-3-2-4-6-18/h2-11,14H,12-13,15H2,1H3. The lowest BCUT2D eigenvalue weighted by Gasteiger charge is -2.27. The van der Waals surface area contributed by atoms with Crippen molar-refractivity contribution in [3.63, 3.8) is 0 Å². The quantitative estimate of drug-likeness (QED) is 0.724. The molecule has 0 fully saturated rings. The summed E-state index contributed by atoms with van der Waals surface area (Å²) in [5.41, 5.74) is 4.44. The van der Waals surface area contributed by atoms with Crippen LogP contribution in [-0.4, -0.2) is 23.8 Å². The maximum Gasteiger partial charge on any atom is 0.243 e. The van der Waals surface area contributed by atoms with Crippen LogP contribution in [-0.2, 0) is 23.0 Å². The number of para-hydroxylation sites is 1. The van der Waals surface area contributed by atoms with Gasteiger partial charge in [0.2, 0.25) is 10.0 Å². The predicted octanol–water partition coefficient (Wildman–Crippen LogP) is 3.53. The van der Waals surface area contributed by atoms with Gasteiger partial charge in [-0.25, -0.2) is 8.42 Å². The van der Waals surface area contributed by atoms with E-state index in [0.29, 0.717) is 24.4 Å². The second-order valence-corrected chi connectivity index (χ2v) is 8.33. The first kappa shape index (κ1) is 16.1. The van der Waals surface area contributed by atoms with Crippen molar-refractivity contribution < 1.29 is 8.42 Å². The number of benzene rings is 2. The largest absolute Gasteiger partial charge is 0.321 e. The molecule has 0 unspecified atom stereocenters. The minimum absolute atomic E-state index is 0.365. The molecule has 4 rings (SSSR count). The van der Waals surface area contributed by atoms with E-state index in [1.807, 2.05) is 49.5 Å². The summed E-state index contributed by atoms with van der Waals surface area (Å²) in [7, 11) is -3.45. The van der Waals surface area contributed by atoms with Gasteiger partial charge in [-0.05, 0) is 42.8 Å². The Balaban J connectivity index is 1.64. The molecule has 0 atom stereocenters. The Bertz CT molecular complexity index is 990. The fraction of sp³-hybridized carbons (Fsp3) is 0.200. The number of aromatic nitrogens is 1. The summed E-state index contributed by atoms with van der Waals surface area (Å²) in [6.45, 7) is 2.88.